The van der Waals surface area contributed by atoms with Crippen LogP contribution in [0.25, 0.3) is 10.9 Å². The summed E-state index contributed by atoms with van der Waals surface area (Å²) in [5, 5.41) is 1.23. The minimum atomic E-state index is 0.0500. The van der Waals surface area contributed by atoms with Gasteiger partial charge in [0.15, 0.2) is 0 Å². The topological polar surface area (TPSA) is 26.9 Å². The number of fused-ring (bicyclic) bond motifs is 1. The van der Waals surface area contributed by atoms with Gasteiger partial charge in [-0.25, -0.2) is 0 Å². The van der Waals surface area contributed by atoms with Crippen LogP contribution in [0.2, 0.25) is 0 Å². The third-order valence-electron chi connectivity index (χ3n) is 3.16. The molecule has 0 saturated heterocycles. The van der Waals surface area contributed by atoms with Gasteiger partial charge in [0.05, 0.1) is 0 Å². The Morgan fingerprint density at radius 2 is 1.56 bits per heavy atom. The molecule has 18 heavy (non-hydrogen) atoms. The van der Waals surface area contributed by atoms with Crippen LogP contribution >= 0.6 is 0 Å². The molecular formula is C15H14N2O. The lowest BCUT2D eigenvalue weighted by Gasteiger charge is -2.07. The maximum atomic E-state index is 11.6. The predicted molar refractivity (Wildman–Crippen MR) is 72.6 cm³/mol. The Bertz CT molecular complexity index is 724. The van der Waals surface area contributed by atoms with Gasteiger partial charge in [0, 0.05) is 37.1 Å². The second kappa shape index (κ2) is 4.53. The Morgan fingerprint density at radius 3 is 2.44 bits per heavy atom. The summed E-state index contributed by atoms with van der Waals surface area (Å²) in [7, 11) is 0. The molecule has 0 bridgehead atoms. The van der Waals surface area contributed by atoms with Gasteiger partial charge in [-0.1, -0.05) is 24.3 Å². The van der Waals surface area contributed by atoms with Crippen LogP contribution in [0, 0.1) is 0 Å². The van der Waals surface area contributed by atoms with Crippen molar-refractivity contribution in [2.24, 2.45) is 0 Å². The van der Waals surface area contributed by atoms with Crippen molar-refractivity contribution in [1.82, 2.24) is 9.13 Å². The van der Waals surface area contributed by atoms with E-state index in [0.717, 1.165) is 6.54 Å². The van der Waals surface area contributed by atoms with Crippen molar-refractivity contribution in [3.63, 3.8) is 0 Å². The molecule has 2 heterocycles. The van der Waals surface area contributed by atoms with Gasteiger partial charge in [0.2, 0.25) is 0 Å². The van der Waals surface area contributed by atoms with Crippen LogP contribution in [0.4, 0.5) is 0 Å². The second-order valence-corrected chi connectivity index (χ2v) is 4.30. The third kappa shape index (κ3) is 1.95. The molecule has 0 fully saturated rings. The lowest BCUT2D eigenvalue weighted by Crippen LogP contribution is -2.20. The highest BCUT2D eigenvalue weighted by atomic mass is 16.1. The summed E-state index contributed by atoms with van der Waals surface area (Å²) in [6, 6.07) is 15.6. The number of rotatable bonds is 3. The summed E-state index contributed by atoms with van der Waals surface area (Å²) in [5.41, 5.74) is 1.26. The standard InChI is InChI=1S/C15H14N2O/c18-15-7-3-4-9-17(15)12-11-16-10-8-13-5-1-2-6-14(13)16/h1-10H,11-12H2. The molecule has 3 aromatic rings. The van der Waals surface area contributed by atoms with Gasteiger partial charge >= 0.3 is 0 Å². The van der Waals surface area contributed by atoms with E-state index in [1.165, 1.54) is 10.9 Å². The highest BCUT2D eigenvalue weighted by Gasteiger charge is 2.00. The van der Waals surface area contributed by atoms with Crippen LogP contribution in [-0.4, -0.2) is 9.13 Å². The van der Waals surface area contributed by atoms with Crippen LogP contribution in [0.3, 0.4) is 0 Å². The molecule has 2 aromatic heterocycles. The third-order valence-corrected chi connectivity index (χ3v) is 3.16. The Hall–Kier alpha value is -2.29. The molecule has 0 N–H and O–H groups in total. The SMILES string of the molecule is O=c1ccccn1CCn1ccc2ccccc21. The number of hydrogen-bond acceptors (Lipinski definition) is 1. The van der Waals surface area contributed by atoms with E-state index in [4.69, 9.17) is 0 Å². The maximum Gasteiger partial charge on any atom is 0.250 e. The van der Waals surface area contributed by atoms with Crippen molar-refractivity contribution in [2.45, 2.75) is 13.1 Å². The Morgan fingerprint density at radius 1 is 0.778 bits per heavy atom. The van der Waals surface area contributed by atoms with Crippen molar-refractivity contribution >= 4 is 10.9 Å². The molecule has 0 amide bonds. The van der Waals surface area contributed by atoms with Crippen molar-refractivity contribution in [3.05, 3.63) is 71.3 Å². The molecule has 90 valence electrons. The molecule has 0 radical (unpaired) electrons. The van der Waals surface area contributed by atoms with E-state index in [-0.39, 0.29) is 5.56 Å². The molecule has 0 aliphatic heterocycles. The normalized spacial score (nSPS) is 10.9. The molecule has 0 unspecified atom stereocenters. The lowest BCUT2D eigenvalue weighted by molar-refractivity contribution is 0.577. The van der Waals surface area contributed by atoms with Crippen LogP contribution < -0.4 is 5.56 Å². The van der Waals surface area contributed by atoms with Crippen molar-refractivity contribution in [1.29, 1.82) is 0 Å². The van der Waals surface area contributed by atoms with Gasteiger partial charge in [0.1, 0.15) is 0 Å². The summed E-state index contributed by atoms with van der Waals surface area (Å²) in [5.74, 6) is 0. The minimum absolute atomic E-state index is 0.0500. The first-order valence-electron chi connectivity index (χ1n) is 6.04. The van der Waals surface area contributed by atoms with E-state index in [1.54, 1.807) is 16.7 Å². The number of hydrogen-bond donors (Lipinski definition) is 0. The smallest absolute Gasteiger partial charge is 0.250 e. The van der Waals surface area contributed by atoms with Crippen molar-refractivity contribution < 1.29 is 0 Å². The first-order chi connectivity index (χ1) is 8.84. The summed E-state index contributed by atoms with van der Waals surface area (Å²) < 4.78 is 3.91. The van der Waals surface area contributed by atoms with E-state index in [9.17, 15) is 4.79 Å². The average molecular weight is 238 g/mol. The van der Waals surface area contributed by atoms with Gasteiger partial charge in [0.25, 0.3) is 5.56 Å². The Kier molecular flexibility index (Phi) is 2.73. The highest BCUT2D eigenvalue weighted by molar-refractivity contribution is 5.79. The average Bonchev–Trinajstić information content (AvgIpc) is 2.81. The van der Waals surface area contributed by atoms with Crippen molar-refractivity contribution in [3.8, 4) is 0 Å². The largest absolute Gasteiger partial charge is 0.346 e. The van der Waals surface area contributed by atoms with Gasteiger partial charge in [-0.05, 0) is 23.6 Å². The van der Waals surface area contributed by atoms with Gasteiger partial charge < -0.3 is 9.13 Å². The molecule has 0 spiro atoms. The van der Waals surface area contributed by atoms with E-state index < -0.39 is 0 Å². The van der Waals surface area contributed by atoms with E-state index in [1.807, 2.05) is 24.4 Å². The zero-order chi connectivity index (χ0) is 12.4. The Labute approximate surface area is 105 Å². The molecule has 0 atom stereocenters. The number of pyridine rings is 1. The van der Waals surface area contributed by atoms with E-state index in [0.29, 0.717) is 6.54 Å². The highest BCUT2D eigenvalue weighted by Crippen LogP contribution is 2.14. The molecular weight excluding hydrogens is 224 g/mol. The fourth-order valence-corrected chi connectivity index (χ4v) is 2.20. The minimum Gasteiger partial charge on any atom is -0.346 e. The molecule has 0 saturated carbocycles. The van der Waals surface area contributed by atoms with Crippen LogP contribution in [-0.2, 0) is 13.1 Å². The number of benzene rings is 1. The first-order valence-corrected chi connectivity index (χ1v) is 6.04. The second-order valence-electron chi connectivity index (χ2n) is 4.30. The molecule has 0 aliphatic rings. The van der Waals surface area contributed by atoms with Gasteiger partial charge in [-0.15, -0.1) is 0 Å². The van der Waals surface area contributed by atoms with E-state index in [2.05, 4.69) is 29.0 Å². The predicted octanol–water partition coefficient (Wildman–Crippen LogP) is 2.50. The van der Waals surface area contributed by atoms with Crippen LogP contribution in [0.1, 0.15) is 0 Å². The molecule has 3 heteroatoms. The number of aromatic nitrogens is 2. The summed E-state index contributed by atoms with van der Waals surface area (Å²) in [6.07, 6.45) is 3.90. The number of nitrogens with zero attached hydrogens (tertiary/aromatic N) is 2. The maximum absolute atomic E-state index is 11.6. The van der Waals surface area contributed by atoms with Crippen LogP contribution in [0.5, 0.6) is 0 Å². The molecule has 0 aliphatic carbocycles. The summed E-state index contributed by atoms with van der Waals surface area (Å²) >= 11 is 0. The Balaban J connectivity index is 1.86. The quantitative estimate of drug-likeness (QED) is 0.688. The fraction of sp³-hybridized carbons (Fsp3) is 0.133. The van der Waals surface area contributed by atoms with Gasteiger partial charge in [-0.2, -0.15) is 0 Å². The zero-order valence-electron chi connectivity index (χ0n) is 9.99. The van der Waals surface area contributed by atoms with Gasteiger partial charge in [-0.3, -0.25) is 4.79 Å². The molecule has 1 aromatic carbocycles. The zero-order valence-corrected chi connectivity index (χ0v) is 9.99. The van der Waals surface area contributed by atoms with E-state index >= 15 is 0 Å². The lowest BCUT2D eigenvalue weighted by atomic mass is 10.2. The number of aryl methyl sites for hydroxylation is 2. The molecule has 3 nitrogen and oxygen atoms in total. The summed E-state index contributed by atoms with van der Waals surface area (Å²) in [6.45, 7) is 1.50. The number of para-hydroxylation sites is 1. The molecule has 3 rings (SSSR count). The van der Waals surface area contributed by atoms with Crippen LogP contribution in [0.15, 0.2) is 65.7 Å². The fourth-order valence-electron chi connectivity index (χ4n) is 2.20. The first kappa shape index (κ1) is 10.8. The summed E-state index contributed by atoms with van der Waals surface area (Å²) in [4.78, 5) is 11.6. The monoisotopic (exact) mass is 238 g/mol. The van der Waals surface area contributed by atoms with Crippen molar-refractivity contribution in [2.75, 3.05) is 0 Å².